The van der Waals surface area contributed by atoms with Gasteiger partial charge in [-0.15, -0.1) is 24.8 Å². The van der Waals surface area contributed by atoms with E-state index in [1.165, 1.54) is 7.11 Å². The Labute approximate surface area is 115 Å². The topological polar surface area (TPSA) is 65.2 Å². The first-order valence-corrected chi connectivity index (χ1v) is 4.85. The van der Waals surface area contributed by atoms with Gasteiger partial charge in [-0.05, 0) is 27.6 Å². The average molecular weight is 332 g/mol. The number of esters is 1. The van der Waals surface area contributed by atoms with Crippen LogP contribution in [0.2, 0.25) is 0 Å². The van der Waals surface area contributed by atoms with Gasteiger partial charge in [0.25, 0.3) is 0 Å². The molecular weight excluding hydrogens is 319 g/mol. The third kappa shape index (κ3) is 5.65. The molecule has 16 heavy (non-hydrogen) atoms. The Balaban J connectivity index is 0. The number of hydrogen-bond acceptors (Lipinski definition) is 4. The number of nitrogens with two attached hydrogens (primary N) is 1. The van der Waals surface area contributed by atoms with E-state index in [2.05, 4.69) is 25.7 Å². The molecule has 1 aromatic rings. The van der Waals surface area contributed by atoms with Gasteiger partial charge in [-0.3, -0.25) is 9.78 Å². The van der Waals surface area contributed by atoms with Crippen LogP contribution in [0.5, 0.6) is 0 Å². The minimum absolute atomic E-state index is 0. The molecule has 0 aromatic carbocycles. The molecule has 4 nitrogen and oxygen atoms in total. The average Bonchev–Trinajstić information content (AvgIpc) is 2.17. The van der Waals surface area contributed by atoms with Crippen molar-refractivity contribution in [2.75, 3.05) is 7.11 Å². The van der Waals surface area contributed by atoms with E-state index in [0.717, 1.165) is 10.0 Å². The molecule has 1 atom stereocenters. The van der Waals surface area contributed by atoms with Crippen molar-refractivity contribution in [2.24, 2.45) is 5.73 Å². The van der Waals surface area contributed by atoms with Gasteiger partial charge in [0.15, 0.2) is 0 Å². The van der Waals surface area contributed by atoms with Crippen molar-refractivity contribution in [3.05, 3.63) is 28.5 Å². The molecule has 7 heteroatoms. The van der Waals surface area contributed by atoms with Crippen LogP contribution in [0, 0.1) is 0 Å². The molecule has 0 radical (unpaired) electrons. The number of methoxy groups -OCH3 is 1. The fourth-order valence-corrected chi connectivity index (χ4v) is 1.39. The molecule has 0 aliphatic carbocycles. The Hall–Kier alpha value is -0.360. The third-order valence-corrected chi connectivity index (χ3v) is 2.20. The Morgan fingerprint density at radius 1 is 1.56 bits per heavy atom. The maximum Gasteiger partial charge on any atom is 0.307 e. The maximum atomic E-state index is 10.9. The number of pyridine rings is 1. The van der Waals surface area contributed by atoms with Gasteiger partial charge in [-0.1, -0.05) is 0 Å². The molecule has 0 fully saturated rings. The molecule has 0 amide bonds. The number of rotatable bonds is 3. The molecule has 92 valence electrons. The van der Waals surface area contributed by atoms with Gasteiger partial charge >= 0.3 is 5.97 Å². The highest BCUT2D eigenvalue weighted by Gasteiger charge is 2.12. The SMILES string of the molecule is COC(=O)C[C@H](N)c1cncc(Br)c1.Cl.Cl. The quantitative estimate of drug-likeness (QED) is 0.863. The van der Waals surface area contributed by atoms with Crippen LogP contribution in [0.15, 0.2) is 22.9 Å². The molecule has 1 rings (SSSR count). The van der Waals surface area contributed by atoms with Gasteiger partial charge in [-0.25, -0.2) is 0 Å². The normalized spacial score (nSPS) is 10.7. The van der Waals surface area contributed by atoms with Gasteiger partial charge < -0.3 is 10.5 Å². The van der Waals surface area contributed by atoms with Crippen molar-refractivity contribution in [1.82, 2.24) is 4.98 Å². The zero-order chi connectivity index (χ0) is 10.6. The van der Waals surface area contributed by atoms with Gasteiger partial charge in [0.1, 0.15) is 0 Å². The summed E-state index contributed by atoms with van der Waals surface area (Å²) < 4.78 is 5.36. The molecule has 0 spiro atoms. The summed E-state index contributed by atoms with van der Waals surface area (Å²) in [6, 6.07) is 1.47. The van der Waals surface area contributed by atoms with Gasteiger partial charge in [-0.2, -0.15) is 0 Å². The molecule has 0 aliphatic rings. The summed E-state index contributed by atoms with van der Waals surface area (Å²) in [6.07, 6.45) is 3.46. The van der Waals surface area contributed by atoms with E-state index in [1.54, 1.807) is 12.4 Å². The van der Waals surface area contributed by atoms with Crippen LogP contribution in [0.3, 0.4) is 0 Å². The van der Waals surface area contributed by atoms with Crippen LogP contribution in [0.1, 0.15) is 18.0 Å². The van der Waals surface area contributed by atoms with E-state index in [9.17, 15) is 4.79 Å². The molecule has 1 heterocycles. The molecule has 0 aliphatic heterocycles. The Morgan fingerprint density at radius 2 is 2.19 bits per heavy atom. The van der Waals surface area contributed by atoms with Gasteiger partial charge in [0, 0.05) is 22.9 Å². The monoisotopic (exact) mass is 330 g/mol. The van der Waals surface area contributed by atoms with Crippen LogP contribution in [-0.2, 0) is 9.53 Å². The number of carbonyl (C=O) groups excluding carboxylic acids is 1. The highest BCUT2D eigenvalue weighted by atomic mass is 79.9. The van der Waals surface area contributed by atoms with Gasteiger partial charge in [0.2, 0.25) is 0 Å². The van der Waals surface area contributed by atoms with Crippen LogP contribution < -0.4 is 5.73 Å². The molecule has 0 bridgehead atoms. The van der Waals surface area contributed by atoms with Crippen LogP contribution in [0.4, 0.5) is 0 Å². The Kier molecular flexibility index (Phi) is 9.86. The predicted molar refractivity (Wildman–Crippen MR) is 70.0 cm³/mol. The largest absolute Gasteiger partial charge is 0.469 e. The van der Waals surface area contributed by atoms with Gasteiger partial charge in [0.05, 0.1) is 13.5 Å². The standard InChI is InChI=1S/C9H11BrN2O2.2ClH/c1-14-9(13)3-8(11)6-2-7(10)5-12-4-6;;/h2,4-5,8H,3,11H2,1H3;2*1H/t8-;;/m0../s1. The number of hydrogen-bond donors (Lipinski definition) is 1. The first-order chi connectivity index (χ1) is 6.63. The molecule has 0 saturated carbocycles. The summed E-state index contributed by atoms with van der Waals surface area (Å²) >= 11 is 3.28. The van der Waals surface area contributed by atoms with Crippen molar-refractivity contribution in [2.45, 2.75) is 12.5 Å². The highest BCUT2D eigenvalue weighted by molar-refractivity contribution is 9.10. The second-order valence-corrected chi connectivity index (χ2v) is 3.74. The summed E-state index contributed by atoms with van der Waals surface area (Å²) in [7, 11) is 1.34. The Morgan fingerprint density at radius 3 is 2.69 bits per heavy atom. The van der Waals surface area contributed by atoms with Crippen LogP contribution in [0.25, 0.3) is 0 Å². The lowest BCUT2D eigenvalue weighted by molar-refractivity contribution is -0.141. The summed E-state index contributed by atoms with van der Waals surface area (Å²) in [5.74, 6) is -0.322. The Bertz CT molecular complexity index is 339. The van der Waals surface area contributed by atoms with Crippen molar-refractivity contribution >= 4 is 46.7 Å². The lowest BCUT2D eigenvalue weighted by atomic mass is 10.1. The zero-order valence-corrected chi connectivity index (χ0v) is 11.8. The molecule has 1 aromatic heterocycles. The number of aromatic nitrogens is 1. The maximum absolute atomic E-state index is 10.9. The molecule has 0 saturated heterocycles. The summed E-state index contributed by atoms with van der Waals surface area (Å²) in [5.41, 5.74) is 6.59. The minimum Gasteiger partial charge on any atom is -0.469 e. The van der Waals surface area contributed by atoms with Crippen molar-refractivity contribution < 1.29 is 9.53 Å². The molecular formula is C9H13BrCl2N2O2. The van der Waals surface area contributed by atoms with Crippen molar-refractivity contribution in [3.8, 4) is 0 Å². The second-order valence-electron chi connectivity index (χ2n) is 2.82. The zero-order valence-electron chi connectivity index (χ0n) is 8.55. The first-order valence-electron chi connectivity index (χ1n) is 4.06. The summed E-state index contributed by atoms with van der Waals surface area (Å²) in [6.45, 7) is 0. The van der Waals surface area contributed by atoms with Crippen molar-refractivity contribution in [3.63, 3.8) is 0 Å². The second kappa shape index (κ2) is 8.75. The van der Waals surface area contributed by atoms with Crippen LogP contribution >= 0.6 is 40.7 Å². The number of halogens is 3. The van der Waals surface area contributed by atoms with E-state index < -0.39 is 0 Å². The minimum atomic E-state index is -0.368. The third-order valence-electron chi connectivity index (χ3n) is 1.77. The lowest BCUT2D eigenvalue weighted by Crippen LogP contribution is -2.16. The molecule has 2 N–H and O–H groups in total. The van der Waals surface area contributed by atoms with E-state index >= 15 is 0 Å². The van der Waals surface area contributed by atoms with E-state index in [1.807, 2.05) is 6.07 Å². The lowest BCUT2D eigenvalue weighted by Gasteiger charge is -2.09. The fraction of sp³-hybridized carbons (Fsp3) is 0.333. The molecule has 0 unspecified atom stereocenters. The van der Waals surface area contributed by atoms with E-state index in [0.29, 0.717) is 0 Å². The van der Waals surface area contributed by atoms with Crippen molar-refractivity contribution in [1.29, 1.82) is 0 Å². The summed E-state index contributed by atoms with van der Waals surface area (Å²) in [5, 5.41) is 0. The fourth-order valence-electron chi connectivity index (χ4n) is 1.01. The highest BCUT2D eigenvalue weighted by Crippen LogP contribution is 2.17. The first kappa shape index (κ1) is 18.0. The smallest absolute Gasteiger partial charge is 0.307 e. The van der Waals surface area contributed by atoms with E-state index in [-0.39, 0.29) is 43.2 Å². The number of carbonyl (C=O) groups is 1. The van der Waals surface area contributed by atoms with Crippen LogP contribution in [-0.4, -0.2) is 18.1 Å². The summed E-state index contributed by atoms with van der Waals surface area (Å²) in [4.78, 5) is 14.9. The number of ether oxygens (including phenoxy) is 1. The number of nitrogens with zero attached hydrogens (tertiary/aromatic N) is 1. The predicted octanol–water partition coefficient (Wildman–Crippen LogP) is 2.25. The van der Waals surface area contributed by atoms with E-state index in [4.69, 9.17) is 5.73 Å².